The summed E-state index contributed by atoms with van der Waals surface area (Å²) in [5.41, 5.74) is 3.19. The summed E-state index contributed by atoms with van der Waals surface area (Å²) in [6.45, 7) is 2.15. The Morgan fingerprint density at radius 3 is 2.50 bits per heavy atom. The van der Waals surface area contributed by atoms with Gasteiger partial charge in [-0.25, -0.2) is 9.97 Å². The van der Waals surface area contributed by atoms with Gasteiger partial charge >= 0.3 is 0 Å². The van der Waals surface area contributed by atoms with Crippen LogP contribution in [0.3, 0.4) is 0 Å². The van der Waals surface area contributed by atoms with Gasteiger partial charge in [0.2, 0.25) is 0 Å². The first-order valence-electron chi connectivity index (χ1n) is 8.00. The average Bonchev–Trinajstić information content (AvgIpc) is 3.17. The smallest absolute Gasteiger partial charge is 0.198 e. The third-order valence-corrected chi connectivity index (χ3v) is 3.97. The van der Waals surface area contributed by atoms with E-state index in [1.807, 2.05) is 36.4 Å². The molecule has 0 spiro atoms. The number of fused-ring (bicyclic) bond motifs is 1. The molecule has 118 valence electrons. The molecule has 0 aliphatic heterocycles. The van der Waals surface area contributed by atoms with Gasteiger partial charge in [-0.05, 0) is 48.4 Å². The van der Waals surface area contributed by atoms with Gasteiger partial charge in [0.1, 0.15) is 5.82 Å². The molecule has 4 nitrogen and oxygen atoms in total. The first kappa shape index (κ1) is 14.5. The Morgan fingerprint density at radius 2 is 1.75 bits per heavy atom. The molecule has 24 heavy (non-hydrogen) atoms. The third kappa shape index (κ3) is 2.74. The molecular weight excluding hydrogens is 298 g/mol. The van der Waals surface area contributed by atoms with Crippen LogP contribution in [0.2, 0.25) is 0 Å². The van der Waals surface area contributed by atoms with Crippen LogP contribution in [0.15, 0.2) is 71.3 Å². The van der Waals surface area contributed by atoms with Crippen LogP contribution in [0.1, 0.15) is 12.5 Å². The number of aryl methyl sites for hydroxylation is 1. The summed E-state index contributed by atoms with van der Waals surface area (Å²) in [6.07, 6.45) is 2.66. The van der Waals surface area contributed by atoms with Crippen LogP contribution >= 0.6 is 0 Å². The molecule has 0 fully saturated rings. The Labute approximate surface area is 140 Å². The van der Waals surface area contributed by atoms with E-state index in [9.17, 15) is 0 Å². The van der Waals surface area contributed by atoms with E-state index in [1.54, 1.807) is 6.26 Å². The summed E-state index contributed by atoms with van der Waals surface area (Å²) in [4.78, 5) is 9.27. The quantitative estimate of drug-likeness (QED) is 0.562. The summed E-state index contributed by atoms with van der Waals surface area (Å²) >= 11 is 0. The number of nitrogens with zero attached hydrogens (tertiary/aromatic N) is 2. The van der Waals surface area contributed by atoms with E-state index in [2.05, 4.69) is 46.5 Å². The predicted molar refractivity (Wildman–Crippen MR) is 96.3 cm³/mol. The number of rotatable bonds is 4. The topological polar surface area (TPSA) is 51.0 Å². The number of nitrogens with one attached hydrogen (secondary N) is 1. The number of furan rings is 1. The molecular formula is C20H17N3O. The molecule has 0 saturated heterocycles. The minimum atomic E-state index is 0.575. The SMILES string of the molecule is CCc1ccc(Nc2nc(-c3ccco3)nc3ccccc23)cc1. The van der Waals surface area contributed by atoms with Crippen molar-refractivity contribution in [2.45, 2.75) is 13.3 Å². The predicted octanol–water partition coefficient (Wildman–Crippen LogP) is 5.20. The molecule has 2 heterocycles. The lowest BCUT2D eigenvalue weighted by Gasteiger charge is -2.10. The van der Waals surface area contributed by atoms with Crippen LogP contribution in [0.5, 0.6) is 0 Å². The minimum absolute atomic E-state index is 0.575. The highest BCUT2D eigenvalue weighted by atomic mass is 16.3. The standard InChI is InChI=1S/C20H17N3O/c1-2-14-9-11-15(12-10-14)21-19-16-6-3-4-7-17(16)22-20(23-19)18-8-5-13-24-18/h3-13H,2H2,1H3,(H,21,22,23). The summed E-state index contributed by atoms with van der Waals surface area (Å²) in [7, 11) is 0. The van der Waals surface area contributed by atoms with Crippen LogP contribution in [0, 0.1) is 0 Å². The molecule has 2 aromatic carbocycles. The highest BCUT2D eigenvalue weighted by Crippen LogP contribution is 2.27. The van der Waals surface area contributed by atoms with Crippen molar-refractivity contribution >= 4 is 22.4 Å². The van der Waals surface area contributed by atoms with E-state index in [4.69, 9.17) is 4.42 Å². The summed E-state index contributed by atoms with van der Waals surface area (Å²) in [5.74, 6) is 2.01. The second-order valence-corrected chi connectivity index (χ2v) is 5.57. The maximum Gasteiger partial charge on any atom is 0.198 e. The minimum Gasteiger partial charge on any atom is -0.461 e. The fraction of sp³-hybridized carbons (Fsp3) is 0.100. The van der Waals surface area contributed by atoms with Crippen molar-refractivity contribution in [3.63, 3.8) is 0 Å². The molecule has 4 aromatic rings. The van der Waals surface area contributed by atoms with Crippen molar-refractivity contribution in [2.75, 3.05) is 5.32 Å². The van der Waals surface area contributed by atoms with Crippen molar-refractivity contribution in [1.82, 2.24) is 9.97 Å². The Kier molecular flexibility index (Phi) is 3.71. The van der Waals surface area contributed by atoms with Crippen LogP contribution < -0.4 is 5.32 Å². The van der Waals surface area contributed by atoms with Gasteiger partial charge in [0.25, 0.3) is 0 Å². The molecule has 1 N–H and O–H groups in total. The summed E-state index contributed by atoms with van der Waals surface area (Å²) in [5, 5.41) is 4.39. The molecule has 0 amide bonds. The highest BCUT2D eigenvalue weighted by molar-refractivity contribution is 5.92. The second kappa shape index (κ2) is 6.16. The molecule has 0 aliphatic rings. The fourth-order valence-corrected chi connectivity index (χ4v) is 2.65. The zero-order valence-electron chi connectivity index (χ0n) is 13.4. The Morgan fingerprint density at radius 1 is 0.917 bits per heavy atom. The number of aromatic nitrogens is 2. The molecule has 4 heteroatoms. The van der Waals surface area contributed by atoms with Gasteiger partial charge in [0.05, 0.1) is 11.8 Å². The van der Waals surface area contributed by atoms with E-state index >= 15 is 0 Å². The number of hydrogen-bond acceptors (Lipinski definition) is 4. The van der Waals surface area contributed by atoms with Crippen molar-refractivity contribution in [2.24, 2.45) is 0 Å². The van der Waals surface area contributed by atoms with E-state index in [-0.39, 0.29) is 0 Å². The van der Waals surface area contributed by atoms with Crippen LogP contribution in [0.25, 0.3) is 22.5 Å². The lowest BCUT2D eigenvalue weighted by Crippen LogP contribution is -1.99. The molecule has 0 aliphatic carbocycles. The summed E-state index contributed by atoms with van der Waals surface area (Å²) in [6, 6.07) is 20.1. The van der Waals surface area contributed by atoms with E-state index in [1.165, 1.54) is 5.56 Å². The zero-order valence-corrected chi connectivity index (χ0v) is 13.4. The van der Waals surface area contributed by atoms with Gasteiger partial charge in [-0.15, -0.1) is 0 Å². The van der Waals surface area contributed by atoms with Gasteiger partial charge in [0, 0.05) is 11.1 Å². The molecule has 0 bridgehead atoms. The van der Waals surface area contributed by atoms with Crippen molar-refractivity contribution < 1.29 is 4.42 Å². The first-order chi connectivity index (χ1) is 11.8. The zero-order chi connectivity index (χ0) is 16.4. The van der Waals surface area contributed by atoms with Crippen LogP contribution in [-0.4, -0.2) is 9.97 Å². The van der Waals surface area contributed by atoms with Crippen molar-refractivity contribution in [3.8, 4) is 11.6 Å². The van der Waals surface area contributed by atoms with Gasteiger partial charge in [-0.3, -0.25) is 0 Å². The molecule has 4 rings (SSSR count). The van der Waals surface area contributed by atoms with E-state index in [0.717, 1.165) is 28.8 Å². The van der Waals surface area contributed by atoms with Gasteiger partial charge < -0.3 is 9.73 Å². The van der Waals surface area contributed by atoms with Crippen molar-refractivity contribution in [1.29, 1.82) is 0 Å². The van der Waals surface area contributed by atoms with Gasteiger partial charge in [0.15, 0.2) is 11.6 Å². The Balaban J connectivity index is 1.80. The normalized spacial score (nSPS) is 10.9. The maximum absolute atomic E-state index is 5.45. The highest BCUT2D eigenvalue weighted by Gasteiger charge is 2.11. The van der Waals surface area contributed by atoms with Crippen LogP contribution in [-0.2, 0) is 6.42 Å². The average molecular weight is 315 g/mol. The molecule has 2 aromatic heterocycles. The third-order valence-electron chi connectivity index (χ3n) is 3.97. The Hall–Kier alpha value is -3.14. The van der Waals surface area contributed by atoms with Gasteiger partial charge in [-0.1, -0.05) is 31.2 Å². The van der Waals surface area contributed by atoms with E-state index < -0.39 is 0 Å². The number of hydrogen-bond donors (Lipinski definition) is 1. The summed E-state index contributed by atoms with van der Waals surface area (Å²) < 4.78 is 5.45. The largest absolute Gasteiger partial charge is 0.461 e. The van der Waals surface area contributed by atoms with Crippen molar-refractivity contribution in [3.05, 3.63) is 72.5 Å². The number of anilines is 2. The van der Waals surface area contributed by atoms with Gasteiger partial charge in [-0.2, -0.15) is 0 Å². The number of benzene rings is 2. The molecule has 0 saturated carbocycles. The monoisotopic (exact) mass is 315 g/mol. The second-order valence-electron chi connectivity index (χ2n) is 5.57. The molecule has 0 atom stereocenters. The fourth-order valence-electron chi connectivity index (χ4n) is 2.65. The molecule has 0 unspecified atom stereocenters. The Bertz CT molecular complexity index is 960. The number of para-hydroxylation sites is 1. The molecule has 0 radical (unpaired) electrons. The lowest BCUT2D eigenvalue weighted by molar-refractivity contribution is 0.577. The first-order valence-corrected chi connectivity index (χ1v) is 8.00. The van der Waals surface area contributed by atoms with Crippen LogP contribution in [0.4, 0.5) is 11.5 Å². The lowest BCUT2D eigenvalue weighted by atomic mass is 10.1. The maximum atomic E-state index is 5.45. The van der Waals surface area contributed by atoms with E-state index in [0.29, 0.717) is 11.6 Å².